The van der Waals surface area contributed by atoms with Gasteiger partial charge in [0.2, 0.25) is 0 Å². The van der Waals surface area contributed by atoms with Gasteiger partial charge in [-0.3, -0.25) is 0 Å². The molecule has 0 aromatic carbocycles. The molecule has 0 radical (unpaired) electrons. The molecule has 0 saturated carbocycles. The van der Waals surface area contributed by atoms with Gasteiger partial charge in [0, 0.05) is 6.04 Å². The van der Waals surface area contributed by atoms with E-state index in [2.05, 4.69) is 5.32 Å². The lowest BCUT2D eigenvalue weighted by Crippen LogP contribution is -2.35. The van der Waals surface area contributed by atoms with Crippen LogP contribution in [0.4, 0.5) is 4.79 Å². The summed E-state index contributed by atoms with van der Waals surface area (Å²) in [6, 6.07) is 0.0877. The standard InChI is InChI=1S/C9H20N2O2/c1-7(2)6-13-9(12)11-8(3)4-5-10/h7-8H,4-6,10H2,1-3H3,(H,11,12). The first-order chi connectivity index (χ1) is 6.06. The summed E-state index contributed by atoms with van der Waals surface area (Å²) in [7, 11) is 0. The highest BCUT2D eigenvalue weighted by Gasteiger charge is 2.07. The van der Waals surface area contributed by atoms with Crippen LogP contribution in [0.5, 0.6) is 0 Å². The van der Waals surface area contributed by atoms with Crippen molar-refractivity contribution in [2.45, 2.75) is 33.2 Å². The maximum absolute atomic E-state index is 11.1. The molecule has 3 N–H and O–H groups in total. The van der Waals surface area contributed by atoms with E-state index in [0.29, 0.717) is 19.1 Å². The van der Waals surface area contributed by atoms with Crippen molar-refractivity contribution in [2.24, 2.45) is 11.7 Å². The molecule has 0 aromatic rings. The topological polar surface area (TPSA) is 64.3 Å². The van der Waals surface area contributed by atoms with Gasteiger partial charge < -0.3 is 15.8 Å². The number of carbonyl (C=O) groups excluding carboxylic acids is 1. The molecule has 0 heterocycles. The molecule has 0 bridgehead atoms. The first-order valence-corrected chi connectivity index (χ1v) is 4.69. The highest BCUT2D eigenvalue weighted by atomic mass is 16.5. The Morgan fingerprint density at radius 3 is 2.54 bits per heavy atom. The number of ether oxygens (including phenoxy) is 1. The van der Waals surface area contributed by atoms with Crippen LogP contribution >= 0.6 is 0 Å². The van der Waals surface area contributed by atoms with Gasteiger partial charge in [0.25, 0.3) is 0 Å². The van der Waals surface area contributed by atoms with E-state index in [4.69, 9.17) is 10.5 Å². The first kappa shape index (κ1) is 12.2. The van der Waals surface area contributed by atoms with Crippen LogP contribution in [-0.4, -0.2) is 25.3 Å². The zero-order valence-corrected chi connectivity index (χ0v) is 8.67. The predicted octanol–water partition coefficient (Wildman–Crippen LogP) is 1.11. The summed E-state index contributed by atoms with van der Waals surface area (Å²) in [5.74, 6) is 0.371. The molecular weight excluding hydrogens is 168 g/mol. The second kappa shape index (κ2) is 6.71. The Balaban J connectivity index is 3.50. The number of hydrogen-bond donors (Lipinski definition) is 2. The summed E-state index contributed by atoms with van der Waals surface area (Å²) < 4.78 is 4.93. The van der Waals surface area contributed by atoms with Gasteiger partial charge in [0.1, 0.15) is 0 Å². The Morgan fingerprint density at radius 1 is 1.46 bits per heavy atom. The number of nitrogens with two attached hydrogens (primary N) is 1. The molecule has 13 heavy (non-hydrogen) atoms. The zero-order valence-electron chi connectivity index (χ0n) is 8.67. The summed E-state index contributed by atoms with van der Waals surface area (Å²) in [5, 5.41) is 2.70. The lowest BCUT2D eigenvalue weighted by atomic mass is 10.2. The maximum atomic E-state index is 11.1. The van der Waals surface area contributed by atoms with Crippen molar-refractivity contribution in [1.29, 1.82) is 0 Å². The van der Waals surface area contributed by atoms with Crippen molar-refractivity contribution in [3.8, 4) is 0 Å². The highest BCUT2D eigenvalue weighted by Crippen LogP contribution is 1.94. The summed E-state index contributed by atoms with van der Waals surface area (Å²) in [5.41, 5.74) is 5.34. The third kappa shape index (κ3) is 7.59. The molecule has 4 nitrogen and oxygen atoms in total. The minimum absolute atomic E-state index is 0.0877. The van der Waals surface area contributed by atoms with Gasteiger partial charge in [-0.05, 0) is 25.8 Å². The molecule has 0 saturated heterocycles. The van der Waals surface area contributed by atoms with Crippen molar-refractivity contribution in [3.63, 3.8) is 0 Å². The molecular formula is C9H20N2O2. The van der Waals surface area contributed by atoms with Gasteiger partial charge in [-0.2, -0.15) is 0 Å². The van der Waals surface area contributed by atoms with E-state index < -0.39 is 0 Å². The summed E-state index contributed by atoms with van der Waals surface area (Å²) >= 11 is 0. The zero-order chi connectivity index (χ0) is 10.3. The number of carbonyl (C=O) groups is 1. The smallest absolute Gasteiger partial charge is 0.407 e. The predicted molar refractivity (Wildman–Crippen MR) is 52.5 cm³/mol. The Kier molecular flexibility index (Phi) is 6.32. The van der Waals surface area contributed by atoms with Crippen molar-refractivity contribution in [3.05, 3.63) is 0 Å². The lowest BCUT2D eigenvalue weighted by Gasteiger charge is -2.13. The van der Waals surface area contributed by atoms with Crippen molar-refractivity contribution in [2.75, 3.05) is 13.2 Å². The minimum atomic E-state index is -0.352. The SMILES string of the molecule is CC(C)COC(=O)NC(C)CCN. The third-order valence-electron chi connectivity index (χ3n) is 1.51. The molecule has 1 unspecified atom stereocenters. The number of hydrogen-bond acceptors (Lipinski definition) is 3. The number of amides is 1. The Bertz CT molecular complexity index is 149. The van der Waals surface area contributed by atoms with E-state index in [1.165, 1.54) is 0 Å². The molecule has 0 rings (SSSR count). The Morgan fingerprint density at radius 2 is 2.08 bits per heavy atom. The van der Waals surface area contributed by atoms with Gasteiger partial charge in [0.15, 0.2) is 0 Å². The van der Waals surface area contributed by atoms with E-state index >= 15 is 0 Å². The summed E-state index contributed by atoms with van der Waals surface area (Å²) in [4.78, 5) is 11.1. The van der Waals surface area contributed by atoms with Crippen LogP contribution in [0.3, 0.4) is 0 Å². The number of alkyl carbamates (subject to hydrolysis) is 1. The van der Waals surface area contributed by atoms with Crippen molar-refractivity contribution >= 4 is 6.09 Å². The van der Waals surface area contributed by atoms with Crippen LogP contribution in [0.25, 0.3) is 0 Å². The number of nitrogens with one attached hydrogen (secondary N) is 1. The average Bonchev–Trinajstić information content (AvgIpc) is 2.01. The van der Waals surface area contributed by atoms with Gasteiger partial charge in [-0.1, -0.05) is 13.8 Å². The molecule has 0 aromatic heterocycles. The second-order valence-electron chi connectivity index (χ2n) is 3.62. The van der Waals surface area contributed by atoms with Crippen LogP contribution < -0.4 is 11.1 Å². The monoisotopic (exact) mass is 188 g/mol. The maximum Gasteiger partial charge on any atom is 0.407 e. The second-order valence-corrected chi connectivity index (χ2v) is 3.62. The van der Waals surface area contributed by atoms with E-state index in [9.17, 15) is 4.79 Å². The van der Waals surface area contributed by atoms with Crippen molar-refractivity contribution in [1.82, 2.24) is 5.32 Å². The summed E-state index contributed by atoms with van der Waals surface area (Å²) in [6.45, 7) is 6.93. The highest BCUT2D eigenvalue weighted by molar-refractivity contribution is 5.67. The average molecular weight is 188 g/mol. The molecule has 0 aliphatic heterocycles. The number of rotatable bonds is 5. The fourth-order valence-electron chi connectivity index (χ4n) is 0.807. The van der Waals surface area contributed by atoms with E-state index in [1.807, 2.05) is 20.8 Å². The van der Waals surface area contributed by atoms with Gasteiger partial charge >= 0.3 is 6.09 Å². The fraction of sp³-hybridized carbons (Fsp3) is 0.889. The van der Waals surface area contributed by atoms with Gasteiger partial charge in [-0.25, -0.2) is 4.79 Å². The molecule has 0 spiro atoms. The van der Waals surface area contributed by atoms with Crippen LogP contribution in [0.15, 0.2) is 0 Å². The Hall–Kier alpha value is -0.770. The van der Waals surface area contributed by atoms with Crippen LogP contribution in [0.1, 0.15) is 27.2 Å². The molecule has 78 valence electrons. The van der Waals surface area contributed by atoms with Crippen LogP contribution in [-0.2, 0) is 4.74 Å². The minimum Gasteiger partial charge on any atom is -0.449 e. The third-order valence-corrected chi connectivity index (χ3v) is 1.51. The molecule has 0 aliphatic carbocycles. The lowest BCUT2D eigenvalue weighted by molar-refractivity contribution is 0.129. The quantitative estimate of drug-likeness (QED) is 0.679. The van der Waals surface area contributed by atoms with Crippen molar-refractivity contribution < 1.29 is 9.53 Å². The molecule has 0 aliphatic rings. The van der Waals surface area contributed by atoms with E-state index in [0.717, 1.165) is 6.42 Å². The van der Waals surface area contributed by atoms with E-state index in [1.54, 1.807) is 0 Å². The normalized spacial score (nSPS) is 12.7. The molecule has 1 amide bonds. The van der Waals surface area contributed by atoms with E-state index in [-0.39, 0.29) is 12.1 Å². The fourth-order valence-corrected chi connectivity index (χ4v) is 0.807. The summed E-state index contributed by atoms with van der Waals surface area (Å²) in [6.07, 6.45) is 0.422. The first-order valence-electron chi connectivity index (χ1n) is 4.69. The Labute approximate surface area is 79.8 Å². The van der Waals surface area contributed by atoms with Gasteiger partial charge in [-0.15, -0.1) is 0 Å². The molecule has 4 heteroatoms. The van der Waals surface area contributed by atoms with Crippen LogP contribution in [0, 0.1) is 5.92 Å². The largest absolute Gasteiger partial charge is 0.449 e. The molecule has 0 fully saturated rings. The van der Waals surface area contributed by atoms with Crippen LogP contribution in [0.2, 0.25) is 0 Å². The molecule has 1 atom stereocenters. The van der Waals surface area contributed by atoms with Gasteiger partial charge in [0.05, 0.1) is 6.61 Å².